The van der Waals surface area contributed by atoms with E-state index in [9.17, 15) is 9.90 Å². The highest BCUT2D eigenvalue weighted by molar-refractivity contribution is 6.34. The topological polar surface area (TPSA) is 46.5 Å². The Morgan fingerprint density at radius 2 is 2.15 bits per heavy atom. The molecule has 0 fully saturated rings. The van der Waals surface area contributed by atoms with Crippen LogP contribution >= 0.6 is 11.6 Å². The lowest BCUT2D eigenvalue weighted by Gasteiger charge is -2.06. The molecule has 3 nitrogen and oxygen atoms in total. The zero-order chi connectivity index (χ0) is 10.0. The summed E-state index contributed by atoms with van der Waals surface area (Å²) in [6.07, 6.45) is 0. The molecule has 0 aliphatic heterocycles. The second kappa shape index (κ2) is 3.66. The fraction of sp³-hybridized carbons (Fsp3) is 0.222. The van der Waals surface area contributed by atoms with E-state index in [-0.39, 0.29) is 22.3 Å². The van der Waals surface area contributed by atoms with Crippen molar-refractivity contribution in [3.05, 3.63) is 22.7 Å². The van der Waals surface area contributed by atoms with Gasteiger partial charge in [-0.05, 0) is 13.0 Å². The summed E-state index contributed by atoms with van der Waals surface area (Å²) in [6, 6.07) is 2.71. The van der Waals surface area contributed by atoms with Gasteiger partial charge in [0.1, 0.15) is 0 Å². The normalized spacial score (nSPS) is 9.77. The largest absolute Gasteiger partial charge is 0.504 e. The molecule has 0 amide bonds. The van der Waals surface area contributed by atoms with E-state index < -0.39 is 0 Å². The standard InChI is InChI=1S/C9H9ClO3/c1-5(11)6-3-9(13-2)8(12)4-7(6)10/h3-4,12H,1-2H3. The van der Waals surface area contributed by atoms with E-state index in [0.717, 1.165) is 0 Å². The molecule has 1 aromatic rings. The second-order valence-electron chi connectivity index (χ2n) is 2.56. The van der Waals surface area contributed by atoms with Crippen LogP contribution in [0.25, 0.3) is 0 Å². The van der Waals surface area contributed by atoms with Crippen molar-refractivity contribution >= 4 is 17.4 Å². The van der Waals surface area contributed by atoms with Crippen LogP contribution < -0.4 is 4.74 Å². The third-order valence-corrected chi connectivity index (χ3v) is 1.96. The highest BCUT2D eigenvalue weighted by Gasteiger charge is 2.11. The summed E-state index contributed by atoms with van der Waals surface area (Å²) in [5.41, 5.74) is 0.344. The maximum absolute atomic E-state index is 11.0. The van der Waals surface area contributed by atoms with Gasteiger partial charge in [-0.15, -0.1) is 0 Å². The predicted molar refractivity (Wildman–Crippen MR) is 49.7 cm³/mol. The summed E-state index contributed by atoms with van der Waals surface area (Å²) in [5.74, 6) is 0.00963. The Balaban J connectivity index is 3.30. The van der Waals surface area contributed by atoms with E-state index in [1.807, 2.05) is 0 Å². The average molecular weight is 201 g/mol. The van der Waals surface area contributed by atoms with Gasteiger partial charge in [-0.2, -0.15) is 0 Å². The van der Waals surface area contributed by atoms with Crippen molar-refractivity contribution in [2.45, 2.75) is 6.92 Å². The smallest absolute Gasteiger partial charge is 0.161 e. The second-order valence-corrected chi connectivity index (χ2v) is 2.97. The Morgan fingerprint density at radius 3 is 2.62 bits per heavy atom. The molecule has 0 unspecified atom stereocenters. The third-order valence-electron chi connectivity index (χ3n) is 1.65. The molecule has 13 heavy (non-hydrogen) atoms. The first-order valence-electron chi connectivity index (χ1n) is 3.63. The molecule has 0 atom stereocenters. The molecular weight excluding hydrogens is 192 g/mol. The summed E-state index contributed by atoms with van der Waals surface area (Å²) in [6.45, 7) is 1.40. The molecule has 0 saturated heterocycles. The molecule has 0 aliphatic rings. The van der Waals surface area contributed by atoms with Gasteiger partial charge < -0.3 is 9.84 Å². The monoisotopic (exact) mass is 200 g/mol. The van der Waals surface area contributed by atoms with Crippen LogP contribution in [0.4, 0.5) is 0 Å². The Hall–Kier alpha value is -1.22. The number of phenols is 1. The van der Waals surface area contributed by atoms with E-state index >= 15 is 0 Å². The molecule has 0 heterocycles. The van der Waals surface area contributed by atoms with Gasteiger partial charge in [0.15, 0.2) is 17.3 Å². The van der Waals surface area contributed by atoms with Gasteiger partial charge in [-0.3, -0.25) is 4.79 Å². The summed E-state index contributed by atoms with van der Waals surface area (Å²) in [5, 5.41) is 9.50. The van der Waals surface area contributed by atoms with Gasteiger partial charge in [0.25, 0.3) is 0 Å². The predicted octanol–water partition coefficient (Wildman–Crippen LogP) is 2.26. The molecule has 0 saturated carbocycles. The lowest BCUT2D eigenvalue weighted by molar-refractivity contribution is 0.101. The first kappa shape index (κ1) is 9.86. The van der Waals surface area contributed by atoms with Crippen molar-refractivity contribution < 1.29 is 14.6 Å². The molecule has 4 heteroatoms. The van der Waals surface area contributed by atoms with Crippen LogP contribution in [0.5, 0.6) is 11.5 Å². The molecular formula is C9H9ClO3. The van der Waals surface area contributed by atoms with Crippen LogP contribution in [-0.4, -0.2) is 18.0 Å². The van der Waals surface area contributed by atoms with Gasteiger partial charge in [0, 0.05) is 11.6 Å². The van der Waals surface area contributed by atoms with Gasteiger partial charge in [-0.1, -0.05) is 11.6 Å². The third kappa shape index (κ3) is 1.92. The SMILES string of the molecule is COc1cc(C(C)=O)c(Cl)cc1O. The number of methoxy groups -OCH3 is 1. The highest BCUT2D eigenvalue weighted by Crippen LogP contribution is 2.32. The minimum atomic E-state index is -0.164. The maximum atomic E-state index is 11.0. The number of ether oxygens (including phenoxy) is 1. The van der Waals surface area contributed by atoms with E-state index in [1.54, 1.807) is 0 Å². The lowest BCUT2D eigenvalue weighted by atomic mass is 10.1. The Labute approximate surface area is 80.9 Å². The molecule has 70 valence electrons. The molecule has 1 aromatic carbocycles. The van der Waals surface area contributed by atoms with Crippen LogP contribution in [0.15, 0.2) is 12.1 Å². The number of hydrogen-bond acceptors (Lipinski definition) is 3. The number of phenolic OH excluding ortho intramolecular Hbond substituents is 1. The van der Waals surface area contributed by atoms with Crippen molar-refractivity contribution in [3.8, 4) is 11.5 Å². The molecule has 0 radical (unpaired) electrons. The van der Waals surface area contributed by atoms with E-state index in [4.69, 9.17) is 16.3 Å². The van der Waals surface area contributed by atoms with Crippen molar-refractivity contribution in [3.63, 3.8) is 0 Å². The Bertz CT molecular complexity index is 347. The van der Waals surface area contributed by atoms with Crippen LogP contribution in [0.2, 0.25) is 5.02 Å². The molecule has 1 N–H and O–H groups in total. The van der Waals surface area contributed by atoms with Gasteiger partial charge >= 0.3 is 0 Å². The fourth-order valence-corrected chi connectivity index (χ4v) is 1.27. The molecule has 0 spiro atoms. The van der Waals surface area contributed by atoms with E-state index in [2.05, 4.69) is 0 Å². The van der Waals surface area contributed by atoms with Crippen LogP contribution in [-0.2, 0) is 0 Å². The van der Waals surface area contributed by atoms with Crippen LogP contribution in [0, 0.1) is 0 Å². The molecule has 1 rings (SSSR count). The van der Waals surface area contributed by atoms with E-state index in [0.29, 0.717) is 5.56 Å². The van der Waals surface area contributed by atoms with E-state index in [1.165, 1.54) is 26.2 Å². The number of benzene rings is 1. The first-order valence-corrected chi connectivity index (χ1v) is 4.01. The quantitative estimate of drug-likeness (QED) is 0.745. The van der Waals surface area contributed by atoms with Crippen molar-refractivity contribution in [2.75, 3.05) is 7.11 Å². The summed E-state index contributed by atoms with van der Waals surface area (Å²) in [7, 11) is 1.41. The van der Waals surface area contributed by atoms with Gasteiger partial charge in [0.05, 0.1) is 12.1 Å². The Morgan fingerprint density at radius 1 is 1.54 bits per heavy atom. The van der Waals surface area contributed by atoms with Crippen LogP contribution in [0.1, 0.15) is 17.3 Å². The number of carbonyl (C=O) groups is 1. The first-order chi connectivity index (χ1) is 6.06. The number of Topliss-reactive ketones (excluding diaryl/α,β-unsaturated/α-hetero) is 1. The minimum absolute atomic E-state index is 0.0718. The Kier molecular flexibility index (Phi) is 2.78. The number of hydrogen-bond donors (Lipinski definition) is 1. The van der Waals surface area contributed by atoms with Crippen LogP contribution in [0.3, 0.4) is 0 Å². The zero-order valence-corrected chi connectivity index (χ0v) is 8.05. The summed E-state index contributed by atoms with van der Waals surface area (Å²) >= 11 is 5.72. The number of halogens is 1. The number of ketones is 1. The minimum Gasteiger partial charge on any atom is -0.504 e. The number of carbonyl (C=O) groups excluding carboxylic acids is 1. The average Bonchev–Trinajstić information content (AvgIpc) is 2.03. The lowest BCUT2D eigenvalue weighted by Crippen LogP contribution is -1.95. The van der Waals surface area contributed by atoms with Gasteiger partial charge in [-0.25, -0.2) is 0 Å². The highest BCUT2D eigenvalue weighted by atomic mass is 35.5. The van der Waals surface area contributed by atoms with Crippen molar-refractivity contribution in [1.82, 2.24) is 0 Å². The molecule has 0 bridgehead atoms. The van der Waals surface area contributed by atoms with Crippen molar-refractivity contribution in [2.24, 2.45) is 0 Å². The fourth-order valence-electron chi connectivity index (χ4n) is 0.976. The molecule has 0 aromatic heterocycles. The zero-order valence-electron chi connectivity index (χ0n) is 7.30. The van der Waals surface area contributed by atoms with Gasteiger partial charge in [0.2, 0.25) is 0 Å². The number of rotatable bonds is 2. The maximum Gasteiger partial charge on any atom is 0.161 e. The van der Waals surface area contributed by atoms with Crippen molar-refractivity contribution in [1.29, 1.82) is 0 Å². The number of aromatic hydroxyl groups is 1. The molecule has 0 aliphatic carbocycles. The summed E-state index contributed by atoms with van der Waals surface area (Å²) in [4.78, 5) is 11.0. The summed E-state index contributed by atoms with van der Waals surface area (Å²) < 4.78 is 4.83.